The summed E-state index contributed by atoms with van der Waals surface area (Å²) in [5, 5.41) is 9.32. The van der Waals surface area contributed by atoms with Crippen LogP contribution in [0.2, 0.25) is 0 Å². The summed E-state index contributed by atoms with van der Waals surface area (Å²) in [6.07, 6.45) is 0.628. The second-order valence-electron chi connectivity index (χ2n) is 5.44. The number of carbonyl (C=O) groups is 1. The molecule has 1 aromatic carbocycles. The Hall–Kier alpha value is -1.47. The second-order valence-corrected chi connectivity index (χ2v) is 7.38. The maximum atomic E-state index is 13.6. The van der Waals surface area contributed by atoms with Gasteiger partial charge in [-0.2, -0.15) is 4.31 Å². The molecular formula is C14H18FNO4S. The summed E-state index contributed by atoms with van der Waals surface area (Å²) in [4.78, 5) is 11.2. The van der Waals surface area contributed by atoms with Crippen molar-refractivity contribution in [2.45, 2.75) is 31.6 Å². The first-order valence-corrected chi connectivity index (χ1v) is 8.17. The van der Waals surface area contributed by atoms with Crippen LogP contribution in [0, 0.1) is 18.2 Å². The van der Waals surface area contributed by atoms with E-state index in [1.54, 1.807) is 13.8 Å². The summed E-state index contributed by atoms with van der Waals surface area (Å²) >= 11 is 0. The van der Waals surface area contributed by atoms with E-state index in [1.807, 2.05) is 0 Å². The summed E-state index contributed by atoms with van der Waals surface area (Å²) in [6, 6.07) is 3.74. The van der Waals surface area contributed by atoms with Gasteiger partial charge >= 0.3 is 5.97 Å². The number of benzene rings is 1. The Morgan fingerprint density at radius 3 is 2.62 bits per heavy atom. The van der Waals surface area contributed by atoms with E-state index in [2.05, 4.69) is 0 Å². The van der Waals surface area contributed by atoms with Crippen LogP contribution in [0.5, 0.6) is 0 Å². The molecule has 116 valence electrons. The average Bonchev–Trinajstić information content (AvgIpc) is 2.88. The van der Waals surface area contributed by atoms with Gasteiger partial charge in [0.1, 0.15) is 5.82 Å². The Balaban J connectivity index is 2.33. The van der Waals surface area contributed by atoms with E-state index in [9.17, 15) is 22.7 Å². The van der Waals surface area contributed by atoms with Gasteiger partial charge in [-0.05, 0) is 37.5 Å². The predicted octanol–water partition coefficient (Wildman–Crippen LogP) is 2.01. The Kier molecular flexibility index (Phi) is 4.08. The zero-order valence-electron chi connectivity index (χ0n) is 12.0. The minimum absolute atomic E-state index is 0.0728. The standard InChI is InChI=1S/C14H18FNO4S/c1-3-14(13(17)18)6-7-16(9-14)21(19,20)11-5-4-10(2)12(15)8-11/h4-5,8H,3,6-7,9H2,1-2H3,(H,17,18). The molecule has 0 bridgehead atoms. The Labute approximate surface area is 123 Å². The molecule has 1 saturated heterocycles. The number of sulfonamides is 1. The zero-order valence-corrected chi connectivity index (χ0v) is 12.8. The molecule has 5 nitrogen and oxygen atoms in total. The first-order chi connectivity index (χ1) is 9.73. The molecule has 0 saturated carbocycles. The van der Waals surface area contributed by atoms with Gasteiger partial charge < -0.3 is 5.11 Å². The van der Waals surface area contributed by atoms with Gasteiger partial charge in [0, 0.05) is 13.1 Å². The molecule has 0 radical (unpaired) electrons. The lowest BCUT2D eigenvalue weighted by atomic mass is 9.85. The van der Waals surface area contributed by atoms with Gasteiger partial charge in [0.25, 0.3) is 0 Å². The van der Waals surface area contributed by atoms with E-state index in [0.29, 0.717) is 12.0 Å². The van der Waals surface area contributed by atoms with Crippen molar-refractivity contribution in [3.05, 3.63) is 29.6 Å². The summed E-state index contributed by atoms with van der Waals surface area (Å²) < 4.78 is 39.7. The van der Waals surface area contributed by atoms with Crippen LogP contribution in [0.3, 0.4) is 0 Å². The van der Waals surface area contributed by atoms with Gasteiger partial charge in [-0.25, -0.2) is 12.8 Å². The number of halogens is 1. The van der Waals surface area contributed by atoms with Crippen molar-refractivity contribution in [2.75, 3.05) is 13.1 Å². The van der Waals surface area contributed by atoms with E-state index < -0.39 is 27.2 Å². The van der Waals surface area contributed by atoms with Crippen molar-refractivity contribution in [2.24, 2.45) is 5.41 Å². The van der Waals surface area contributed by atoms with Crippen molar-refractivity contribution in [1.82, 2.24) is 4.31 Å². The molecule has 1 aromatic rings. The predicted molar refractivity (Wildman–Crippen MR) is 74.9 cm³/mol. The van der Waals surface area contributed by atoms with Crippen molar-refractivity contribution in [1.29, 1.82) is 0 Å². The molecule has 1 heterocycles. The van der Waals surface area contributed by atoms with Gasteiger partial charge in [-0.15, -0.1) is 0 Å². The van der Waals surface area contributed by atoms with E-state index >= 15 is 0 Å². The molecule has 7 heteroatoms. The number of carboxylic acids is 1. The molecule has 0 aliphatic carbocycles. The number of rotatable bonds is 4. The van der Waals surface area contributed by atoms with Gasteiger partial charge in [0.05, 0.1) is 10.3 Å². The van der Waals surface area contributed by atoms with E-state index in [0.717, 1.165) is 10.4 Å². The third-order valence-corrected chi connectivity index (χ3v) is 6.07. The minimum Gasteiger partial charge on any atom is -0.481 e. The fourth-order valence-electron chi connectivity index (χ4n) is 2.54. The number of hydrogen-bond acceptors (Lipinski definition) is 3. The van der Waals surface area contributed by atoms with Crippen LogP contribution >= 0.6 is 0 Å². The fourth-order valence-corrected chi connectivity index (χ4v) is 4.08. The molecule has 21 heavy (non-hydrogen) atoms. The lowest BCUT2D eigenvalue weighted by Crippen LogP contribution is -2.36. The zero-order chi connectivity index (χ0) is 15.8. The van der Waals surface area contributed by atoms with Crippen LogP contribution in [0.15, 0.2) is 23.1 Å². The van der Waals surface area contributed by atoms with Crippen LogP contribution in [-0.2, 0) is 14.8 Å². The topological polar surface area (TPSA) is 74.7 Å². The molecule has 0 aromatic heterocycles. The molecule has 1 atom stereocenters. The third kappa shape index (κ3) is 2.67. The van der Waals surface area contributed by atoms with Crippen LogP contribution in [-0.4, -0.2) is 36.9 Å². The van der Waals surface area contributed by atoms with Gasteiger partial charge in [0.2, 0.25) is 10.0 Å². The Bertz CT molecular complexity index is 674. The normalized spacial score (nSPS) is 23.4. The summed E-state index contributed by atoms with van der Waals surface area (Å²) in [5.41, 5.74) is -0.681. The SMILES string of the molecule is CCC1(C(=O)O)CCN(S(=O)(=O)c2ccc(C)c(F)c2)C1. The second kappa shape index (κ2) is 5.38. The van der Waals surface area contributed by atoms with Crippen LogP contribution in [0.25, 0.3) is 0 Å². The average molecular weight is 315 g/mol. The van der Waals surface area contributed by atoms with Gasteiger partial charge in [-0.1, -0.05) is 13.0 Å². The Morgan fingerprint density at radius 2 is 2.14 bits per heavy atom. The van der Waals surface area contributed by atoms with Crippen molar-refractivity contribution >= 4 is 16.0 Å². The molecule has 1 unspecified atom stereocenters. The summed E-state index contributed by atoms with van der Waals surface area (Å²) in [6.45, 7) is 3.35. The molecule has 0 amide bonds. The lowest BCUT2D eigenvalue weighted by molar-refractivity contribution is -0.148. The number of carboxylic acid groups (broad SMARTS) is 1. The van der Waals surface area contributed by atoms with E-state index in [1.165, 1.54) is 12.1 Å². The van der Waals surface area contributed by atoms with Crippen molar-refractivity contribution < 1.29 is 22.7 Å². The number of nitrogens with zero attached hydrogens (tertiary/aromatic N) is 1. The van der Waals surface area contributed by atoms with Crippen LogP contribution in [0.1, 0.15) is 25.3 Å². The van der Waals surface area contributed by atoms with Crippen molar-refractivity contribution in [3.8, 4) is 0 Å². The minimum atomic E-state index is -3.86. The fraction of sp³-hybridized carbons (Fsp3) is 0.500. The number of aliphatic carboxylic acids is 1. The van der Waals surface area contributed by atoms with E-state index in [4.69, 9.17) is 0 Å². The van der Waals surface area contributed by atoms with Crippen LogP contribution in [0.4, 0.5) is 4.39 Å². The number of hydrogen-bond donors (Lipinski definition) is 1. The summed E-state index contributed by atoms with van der Waals surface area (Å²) in [7, 11) is -3.86. The largest absolute Gasteiger partial charge is 0.481 e. The Morgan fingerprint density at radius 1 is 1.48 bits per heavy atom. The van der Waals surface area contributed by atoms with Gasteiger partial charge in [-0.3, -0.25) is 4.79 Å². The maximum absolute atomic E-state index is 13.6. The number of aryl methyl sites for hydroxylation is 1. The quantitative estimate of drug-likeness (QED) is 0.922. The van der Waals surface area contributed by atoms with E-state index in [-0.39, 0.29) is 24.4 Å². The summed E-state index contributed by atoms with van der Waals surface area (Å²) in [5.74, 6) is -1.58. The van der Waals surface area contributed by atoms with Crippen LogP contribution < -0.4 is 0 Å². The first kappa shape index (κ1) is 15.9. The highest BCUT2D eigenvalue weighted by molar-refractivity contribution is 7.89. The first-order valence-electron chi connectivity index (χ1n) is 6.73. The highest BCUT2D eigenvalue weighted by atomic mass is 32.2. The molecule has 0 spiro atoms. The molecule has 1 N–H and O–H groups in total. The lowest BCUT2D eigenvalue weighted by Gasteiger charge is -2.23. The van der Waals surface area contributed by atoms with Gasteiger partial charge in [0.15, 0.2) is 0 Å². The molecule has 1 fully saturated rings. The molecule has 1 aliphatic rings. The molecule has 1 aliphatic heterocycles. The highest BCUT2D eigenvalue weighted by Gasteiger charge is 2.47. The monoisotopic (exact) mass is 315 g/mol. The third-order valence-electron chi connectivity index (χ3n) is 4.23. The smallest absolute Gasteiger partial charge is 0.311 e. The maximum Gasteiger partial charge on any atom is 0.311 e. The van der Waals surface area contributed by atoms with Crippen molar-refractivity contribution in [3.63, 3.8) is 0 Å². The molecular weight excluding hydrogens is 297 g/mol. The molecule has 2 rings (SSSR count). The highest BCUT2D eigenvalue weighted by Crippen LogP contribution is 2.37.